The molecule has 0 atom stereocenters. The number of aromatic nitrogens is 1. The van der Waals surface area contributed by atoms with Crippen LogP contribution in [-0.4, -0.2) is 53.7 Å². The van der Waals surface area contributed by atoms with Gasteiger partial charge >= 0.3 is 5.97 Å². The maximum Gasteiger partial charge on any atom is 0.354 e. The third kappa shape index (κ3) is 3.53. The zero-order chi connectivity index (χ0) is 14.7. The van der Waals surface area contributed by atoms with Gasteiger partial charge in [-0.15, -0.1) is 0 Å². The second kappa shape index (κ2) is 6.43. The van der Waals surface area contributed by atoms with Gasteiger partial charge in [-0.2, -0.15) is 0 Å². The van der Waals surface area contributed by atoms with E-state index in [1.807, 2.05) is 6.07 Å². The number of aromatic carboxylic acids is 1. The van der Waals surface area contributed by atoms with Gasteiger partial charge in [0.1, 0.15) is 5.69 Å². The average Bonchev–Trinajstić information content (AvgIpc) is 3.01. The highest BCUT2D eigenvalue weighted by Crippen LogP contribution is 2.25. The SMILES string of the molecule is O=C(O)c1cc(N2CCC(CN3CCCC3)CC2)ccn1. The van der Waals surface area contributed by atoms with E-state index in [4.69, 9.17) is 5.11 Å². The molecule has 0 unspecified atom stereocenters. The summed E-state index contributed by atoms with van der Waals surface area (Å²) in [6.45, 7) is 5.81. The van der Waals surface area contributed by atoms with Crippen LogP contribution < -0.4 is 4.90 Å². The van der Waals surface area contributed by atoms with Crippen molar-refractivity contribution in [2.45, 2.75) is 25.7 Å². The molecule has 3 heterocycles. The molecule has 0 aliphatic carbocycles. The number of rotatable bonds is 4. The minimum atomic E-state index is -0.958. The number of carboxylic acids is 1. The maximum absolute atomic E-state index is 11.0. The van der Waals surface area contributed by atoms with E-state index in [1.54, 1.807) is 12.3 Å². The Labute approximate surface area is 125 Å². The van der Waals surface area contributed by atoms with Crippen molar-refractivity contribution in [3.05, 3.63) is 24.0 Å². The summed E-state index contributed by atoms with van der Waals surface area (Å²) in [4.78, 5) is 19.8. The lowest BCUT2D eigenvalue weighted by atomic mass is 9.96. The van der Waals surface area contributed by atoms with Gasteiger partial charge in [-0.1, -0.05) is 0 Å². The number of nitrogens with zero attached hydrogens (tertiary/aromatic N) is 3. The van der Waals surface area contributed by atoms with Crippen molar-refractivity contribution in [3.63, 3.8) is 0 Å². The lowest BCUT2D eigenvalue weighted by Crippen LogP contribution is -2.38. The number of carbonyl (C=O) groups is 1. The smallest absolute Gasteiger partial charge is 0.354 e. The molecule has 2 saturated heterocycles. The molecule has 0 saturated carbocycles. The summed E-state index contributed by atoms with van der Waals surface area (Å²) < 4.78 is 0. The Hall–Kier alpha value is -1.62. The van der Waals surface area contributed by atoms with Crippen molar-refractivity contribution in [2.75, 3.05) is 37.6 Å². The molecule has 0 radical (unpaired) electrons. The van der Waals surface area contributed by atoms with E-state index in [1.165, 1.54) is 45.3 Å². The first-order valence-corrected chi connectivity index (χ1v) is 7.89. The van der Waals surface area contributed by atoms with Gasteiger partial charge in [-0.3, -0.25) is 0 Å². The Morgan fingerprint density at radius 1 is 1.24 bits per heavy atom. The van der Waals surface area contributed by atoms with Crippen molar-refractivity contribution in [1.82, 2.24) is 9.88 Å². The van der Waals surface area contributed by atoms with Gasteiger partial charge in [0.2, 0.25) is 0 Å². The Bertz CT molecular complexity index is 492. The Kier molecular flexibility index (Phi) is 4.39. The van der Waals surface area contributed by atoms with Gasteiger partial charge < -0.3 is 14.9 Å². The van der Waals surface area contributed by atoms with Gasteiger partial charge in [0.05, 0.1) is 0 Å². The number of carboxylic acid groups (broad SMARTS) is 1. The van der Waals surface area contributed by atoms with Crippen molar-refractivity contribution < 1.29 is 9.90 Å². The molecule has 1 aromatic heterocycles. The Morgan fingerprint density at radius 2 is 1.95 bits per heavy atom. The molecule has 0 amide bonds. The van der Waals surface area contributed by atoms with Gasteiger partial charge in [-0.05, 0) is 56.8 Å². The normalized spacial score (nSPS) is 20.9. The number of hydrogen-bond acceptors (Lipinski definition) is 4. The monoisotopic (exact) mass is 289 g/mol. The third-order valence-corrected chi connectivity index (χ3v) is 4.66. The molecule has 0 aromatic carbocycles. The predicted molar refractivity (Wildman–Crippen MR) is 81.8 cm³/mol. The molecule has 3 rings (SSSR count). The number of hydrogen-bond donors (Lipinski definition) is 1. The van der Waals surface area contributed by atoms with Crippen LogP contribution in [0.2, 0.25) is 0 Å². The fourth-order valence-corrected chi connectivity index (χ4v) is 3.44. The van der Waals surface area contributed by atoms with Crippen molar-refractivity contribution in [3.8, 4) is 0 Å². The lowest BCUT2D eigenvalue weighted by Gasteiger charge is -2.35. The van der Waals surface area contributed by atoms with E-state index in [0.717, 1.165) is 24.7 Å². The lowest BCUT2D eigenvalue weighted by molar-refractivity contribution is 0.0690. The molecule has 2 aliphatic rings. The summed E-state index contributed by atoms with van der Waals surface area (Å²) in [5.74, 6) is -0.166. The minimum absolute atomic E-state index is 0.131. The summed E-state index contributed by atoms with van der Waals surface area (Å²) in [6.07, 6.45) is 6.69. The highest BCUT2D eigenvalue weighted by atomic mass is 16.4. The quantitative estimate of drug-likeness (QED) is 0.920. The number of likely N-dealkylation sites (tertiary alicyclic amines) is 1. The molecule has 1 aromatic rings. The van der Waals surface area contributed by atoms with Crippen LogP contribution in [0.4, 0.5) is 5.69 Å². The zero-order valence-electron chi connectivity index (χ0n) is 12.4. The summed E-state index contributed by atoms with van der Waals surface area (Å²) in [5.41, 5.74) is 1.12. The van der Waals surface area contributed by atoms with Gasteiger partial charge in [0.15, 0.2) is 0 Å². The third-order valence-electron chi connectivity index (χ3n) is 4.66. The molecule has 5 nitrogen and oxygen atoms in total. The fourth-order valence-electron chi connectivity index (χ4n) is 3.44. The van der Waals surface area contributed by atoms with E-state index in [0.29, 0.717) is 0 Å². The van der Waals surface area contributed by atoms with E-state index in [-0.39, 0.29) is 5.69 Å². The summed E-state index contributed by atoms with van der Waals surface area (Å²) in [7, 11) is 0. The van der Waals surface area contributed by atoms with Crippen LogP contribution in [-0.2, 0) is 0 Å². The van der Waals surface area contributed by atoms with Gasteiger partial charge in [0, 0.05) is 31.5 Å². The number of piperidine rings is 1. The maximum atomic E-state index is 11.0. The molecule has 1 N–H and O–H groups in total. The molecular weight excluding hydrogens is 266 g/mol. The van der Waals surface area contributed by atoms with Crippen LogP contribution in [0, 0.1) is 5.92 Å². The minimum Gasteiger partial charge on any atom is -0.477 e. The zero-order valence-corrected chi connectivity index (χ0v) is 12.4. The standard InChI is InChI=1S/C16H23N3O2/c20-16(21)15-11-14(3-6-17-15)19-9-4-13(5-10-19)12-18-7-1-2-8-18/h3,6,11,13H,1-2,4-5,7-10,12H2,(H,20,21). The molecule has 2 aliphatic heterocycles. The first-order chi connectivity index (χ1) is 10.2. The summed E-state index contributed by atoms with van der Waals surface area (Å²) in [6, 6.07) is 3.59. The molecule has 0 bridgehead atoms. The van der Waals surface area contributed by atoms with Crippen molar-refractivity contribution in [2.24, 2.45) is 5.92 Å². The summed E-state index contributed by atoms with van der Waals surface area (Å²) in [5, 5.41) is 9.02. The van der Waals surface area contributed by atoms with E-state index in [2.05, 4.69) is 14.8 Å². The summed E-state index contributed by atoms with van der Waals surface area (Å²) >= 11 is 0. The van der Waals surface area contributed by atoms with Crippen molar-refractivity contribution in [1.29, 1.82) is 0 Å². The number of pyridine rings is 1. The molecule has 21 heavy (non-hydrogen) atoms. The molecule has 0 spiro atoms. The van der Waals surface area contributed by atoms with Gasteiger partial charge in [0.25, 0.3) is 0 Å². The van der Waals surface area contributed by atoms with Crippen LogP contribution in [0.15, 0.2) is 18.3 Å². The first kappa shape index (κ1) is 14.3. The number of anilines is 1. The van der Waals surface area contributed by atoms with E-state index in [9.17, 15) is 4.79 Å². The molecule has 114 valence electrons. The van der Waals surface area contributed by atoms with Crippen LogP contribution >= 0.6 is 0 Å². The highest BCUT2D eigenvalue weighted by Gasteiger charge is 2.23. The highest BCUT2D eigenvalue weighted by molar-refractivity contribution is 5.86. The van der Waals surface area contributed by atoms with Crippen molar-refractivity contribution >= 4 is 11.7 Å². The van der Waals surface area contributed by atoms with Gasteiger partial charge in [-0.25, -0.2) is 9.78 Å². The second-order valence-electron chi connectivity index (χ2n) is 6.14. The predicted octanol–water partition coefficient (Wildman–Crippen LogP) is 2.09. The van der Waals surface area contributed by atoms with E-state index < -0.39 is 5.97 Å². The van der Waals surface area contributed by atoms with Crippen LogP contribution in [0.1, 0.15) is 36.2 Å². The van der Waals surface area contributed by atoms with E-state index >= 15 is 0 Å². The second-order valence-corrected chi connectivity index (χ2v) is 6.14. The van der Waals surface area contributed by atoms with Crippen LogP contribution in [0.25, 0.3) is 0 Å². The molecule has 2 fully saturated rings. The molecule has 5 heteroatoms. The average molecular weight is 289 g/mol. The Morgan fingerprint density at radius 3 is 2.62 bits per heavy atom. The topological polar surface area (TPSA) is 56.7 Å². The molecular formula is C16H23N3O2. The fraction of sp³-hybridized carbons (Fsp3) is 0.625. The largest absolute Gasteiger partial charge is 0.477 e. The Balaban J connectivity index is 1.55. The van der Waals surface area contributed by atoms with Crippen LogP contribution in [0.5, 0.6) is 0 Å². The van der Waals surface area contributed by atoms with Crippen LogP contribution in [0.3, 0.4) is 0 Å². The first-order valence-electron chi connectivity index (χ1n) is 7.89.